The van der Waals surface area contributed by atoms with Crippen molar-refractivity contribution in [1.29, 1.82) is 0 Å². The number of nitrogens with one attached hydrogen (secondary N) is 1. The van der Waals surface area contributed by atoms with Gasteiger partial charge in [-0.15, -0.1) is 0 Å². The van der Waals surface area contributed by atoms with Gasteiger partial charge in [0.25, 0.3) is 0 Å². The van der Waals surface area contributed by atoms with Crippen LogP contribution in [0.15, 0.2) is 95.9 Å². The normalized spacial score (nSPS) is 13.2. The minimum absolute atomic E-state index is 0.0482. The molecule has 0 spiro atoms. The highest BCUT2D eigenvalue weighted by Gasteiger charge is 2.25. The maximum atomic E-state index is 14.4. The van der Waals surface area contributed by atoms with Crippen molar-refractivity contribution >= 4 is 32.8 Å². The Morgan fingerprint density at radius 3 is 2.31 bits per heavy atom. The van der Waals surface area contributed by atoms with Crippen molar-refractivity contribution in [3.63, 3.8) is 0 Å². The lowest BCUT2D eigenvalue weighted by atomic mass is 9.93. The zero-order chi connectivity index (χ0) is 30.5. The molecule has 0 bridgehead atoms. The number of halogens is 1. The number of carboxylic acids is 1. The molecular weight excluding hydrogens is 555 g/mol. The molecular formula is C33H35FN2O5S. The lowest BCUT2D eigenvalue weighted by Gasteiger charge is -2.29. The lowest BCUT2D eigenvalue weighted by Crippen LogP contribution is -2.47. The Hall–Kier alpha value is -3.89. The van der Waals surface area contributed by atoms with Crippen molar-refractivity contribution in [1.82, 2.24) is 9.62 Å². The van der Waals surface area contributed by atoms with E-state index < -0.39 is 27.9 Å². The van der Waals surface area contributed by atoms with E-state index in [9.17, 15) is 22.7 Å². The van der Waals surface area contributed by atoms with Crippen LogP contribution < -0.4 is 5.32 Å². The Bertz CT molecular complexity index is 1700. The highest BCUT2D eigenvalue weighted by atomic mass is 32.2. The summed E-state index contributed by atoms with van der Waals surface area (Å²) in [7, 11) is -2.46. The number of hydrogen-bond donors (Lipinski definition) is 3. The predicted octanol–water partition coefficient (Wildman–Crippen LogP) is 5.34. The average Bonchev–Trinajstić information content (AvgIpc) is 2.95. The first-order chi connectivity index (χ1) is 19.8. The summed E-state index contributed by atoms with van der Waals surface area (Å²) in [6.45, 7) is 4.20. The Labute approximate surface area is 246 Å². The summed E-state index contributed by atoms with van der Waals surface area (Å²) < 4.78 is 41.9. The number of β-amino-alcohol motifs (C(OH)–C–C–N with tert-alkyl or cyclic N) is 1. The van der Waals surface area contributed by atoms with Crippen LogP contribution in [0, 0.1) is 5.82 Å². The van der Waals surface area contributed by atoms with Crippen LogP contribution >= 0.6 is 0 Å². The highest BCUT2D eigenvalue weighted by Crippen LogP contribution is 2.25. The van der Waals surface area contributed by atoms with Crippen LogP contribution in [0.4, 0.5) is 4.39 Å². The topological polar surface area (TPSA) is 107 Å². The molecule has 0 aliphatic rings. The Balaban J connectivity index is 1.35. The van der Waals surface area contributed by atoms with Crippen LogP contribution in [0.2, 0.25) is 0 Å². The smallest absolute Gasteiger partial charge is 0.328 e. The molecule has 0 saturated carbocycles. The molecule has 42 heavy (non-hydrogen) atoms. The predicted molar refractivity (Wildman–Crippen MR) is 164 cm³/mol. The maximum Gasteiger partial charge on any atom is 0.328 e. The summed E-state index contributed by atoms with van der Waals surface area (Å²) >= 11 is 0. The van der Waals surface area contributed by atoms with Crippen LogP contribution in [0.3, 0.4) is 0 Å². The fourth-order valence-corrected chi connectivity index (χ4v) is 5.99. The Morgan fingerprint density at radius 2 is 1.64 bits per heavy atom. The SMILES string of the molecule is CN(CC(O)CNC(C)(C)Cc1ccc2ccccc2c1)S(=O)(=O)c1ccc(-c2ccc(C=CC(=O)O)c(F)c2)cc1. The zero-order valence-corrected chi connectivity index (χ0v) is 24.6. The zero-order valence-electron chi connectivity index (χ0n) is 23.8. The van der Waals surface area contributed by atoms with Gasteiger partial charge in [-0.25, -0.2) is 17.6 Å². The quantitative estimate of drug-likeness (QED) is 0.193. The lowest BCUT2D eigenvalue weighted by molar-refractivity contribution is -0.131. The van der Waals surface area contributed by atoms with Crippen molar-refractivity contribution in [2.75, 3.05) is 20.1 Å². The minimum atomic E-state index is -3.88. The van der Waals surface area contributed by atoms with Gasteiger partial charge in [0.05, 0.1) is 11.0 Å². The standard InChI is InChI=1S/C33H35FN2O5S/c1-33(2,20-23-8-9-24-6-4-5-7-27(24)18-23)35-21-29(37)22-36(3)42(40,41)30-15-12-25(13-16-30)28-11-10-26(31(34)19-28)14-17-32(38)39/h4-19,29,35,37H,20-22H2,1-3H3,(H,38,39). The number of benzene rings is 4. The molecule has 0 fully saturated rings. The number of aliphatic hydroxyl groups is 1. The number of carbonyl (C=O) groups is 1. The molecule has 0 aromatic heterocycles. The number of carboxylic acid groups (broad SMARTS) is 1. The average molecular weight is 591 g/mol. The molecule has 9 heteroatoms. The van der Waals surface area contributed by atoms with Crippen molar-refractivity contribution < 1.29 is 27.8 Å². The van der Waals surface area contributed by atoms with Gasteiger partial charge < -0.3 is 15.5 Å². The van der Waals surface area contributed by atoms with Gasteiger partial charge in [-0.2, -0.15) is 4.31 Å². The second-order valence-corrected chi connectivity index (χ2v) is 13.0. The number of fused-ring (bicyclic) bond motifs is 1. The van der Waals surface area contributed by atoms with Gasteiger partial charge in [0.2, 0.25) is 10.0 Å². The molecule has 0 aliphatic heterocycles. The third-order valence-corrected chi connectivity index (χ3v) is 8.88. The van der Waals surface area contributed by atoms with Crippen LogP contribution in [-0.4, -0.2) is 60.7 Å². The van der Waals surface area contributed by atoms with Crippen molar-refractivity contribution in [3.8, 4) is 11.1 Å². The fourth-order valence-electron chi connectivity index (χ4n) is 4.78. The van der Waals surface area contributed by atoms with Crippen LogP contribution in [-0.2, 0) is 21.2 Å². The second-order valence-electron chi connectivity index (χ2n) is 11.0. The van der Waals surface area contributed by atoms with Gasteiger partial charge >= 0.3 is 5.97 Å². The molecule has 4 aromatic rings. The van der Waals surface area contributed by atoms with Crippen LogP contribution in [0.25, 0.3) is 28.0 Å². The molecule has 1 unspecified atom stereocenters. The molecule has 220 valence electrons. The largest absolute Gasteiger partial charge is 0.478 e. The van der Waals surface area contributed by atoms with Gasteiger partial charge in [0, 0.05) is 37.3 Å². The van der Waals surface area contributed by atoms with Crippen molar-refractivity contribution in [2.24, 2.45) is 0 Å². The van der Waals surface area contributed by atoms with E-state index in [2.05, 4.69) is 35.6 Å². The van der Waals surface area contributed by atoms with E-state index in [1.807, 2.05) is 26.0 Å². The van der Waals surface area contributed by atoms with Crippen LogP contribution in [0.1, 0.15) is 25.0 Å². The van der Waals surface area contributed by atoms with Gasteiger partial charge in [-0.3, -0.25) is 0 Å². The molecule has 0 amide bonds. The summed E-state index contributed by atoms with van der Waals surface area (Å²) in [4.78, 5) is 10.7. The summed E-state index contributed by atoms with van der Waals surface area (Å²) in [5.74, 6) is -1.77. The third kappa shape index (κ3) is 7.89. The number of sulfonamides is 1. The first-order valence-corrected chi connectivity index (χ1v) is 15.0. The molecule has 1 atom stereocenters. The minimum Gasteiger partial charge on any atom is -0.478 e. The molecule has 0 saturated heterocycles. The number of likely N-dealkylation sites (N-methyl/N-ethyl adjacent to an activating group) is 1. The van der Waals surface area contributed by atoms with Crippen molar-refractivity contribution in [2.45, 2.75) is 36.8 Å². The van der Waals surface area contributed by atoms with E-state index in [1.165, 1.54) is 48.2 Å². The molecule has 3 N–H and O–H groups in total. The summed E-state index contributed by atoms with van der Waals surface area (Å²) in [6.07, 6.45) is 1.82. The second kappa shape index (κ2) is 13.0. The summed E-state index contributed by atoms with van der Waals surface area (Å²) in [5, 5.41) is 25.1. The Morgan fingerprint density at radius 1 is 0.976 bits per heavy atom. The van der Waals surface area contributed by atoms with E-state index in [4.69, 9.17) is 5.11 Å². The van der Waals surface area contributed by atoms with E-state index in [1.54, 1.807) is 18.2 Å². The summed E-state index contributed by atoms with van der Waals surface area (Å²) in [5.41, 5.74) is 2.08. The van der Waals surface area contributed by atoms with E-state index >= 15 is 0 Å². The monoisotopic (exact) mass is 590 g/mol. The number of aliphatic hydroxyl groups excluding tert-OH is 1. The van der Waals surface area contributed by atoms with Gasteiger partial charge in [-0.1, -0.05) is 66.7 Å². The van der Waals surface area contributed by atoms with Crippen molar-refractivity contribution in [3.05, 3.63) is 108 Å². The highest BCUT2D eigenvalue weighted by molar-refractivity contribution is 7.89. The Kier molecular flexibility index (Phi) is 9.58. The van der Waals surface area contributed by atoms with Gasteiger partial charge in [0.1, 0.15) is 5.82 Å². The van der Waals surface area contributed by atoms with Gasteiger partial charge in [0.15, 0.2) is 0 Å². The molecule has 7 nitrogen and oxygen atoms in total. The first-order valence-electron chi connectivity index (χ1n) is 13.5. The van der Waals surface area contributed by atoms with Gasteiger partial charge in [-0.05, 0) is 72.0 Å². The number of hydrogen-bond acceptors (Lipinski definition) is 5. The molecule has 0 radical (unpaired) electrons. The summed E-state index contributed by atoms with van der Waals surface area (Å²) in [6, 6.07) is 24.9. The molecule has 4 rings (SSSR count). The number of rotatable bonds is 12. The molecule has 4 aromatic carbocycles. The maximum absolute atomic E-state index is 14.4. The third-order valence-electron chi connectivity index (χ3n) is 7.05. The number of nitrogens with zero attached hydrogens (tertiary/aromatic N) is 1. The molecule has 0 aliphatic carbocycles. The molecule has 0 heterocycles. The first kappa shape index (κ1) is 31.1. The van der Waals surface area contributed by atoms with E-state index in [0.717, 1.165) is 22.4 Å². The van der Waals surface area contributed by atoms with Crippen LogP contribution in [0.5, 0.6) is 0 Å². The number of aliphatic carboxylic acids is 1. The van der Waals surface area contributed by atoms with E-state index in [-0.39, 0.29) is 29.1 Å². The van der Waals surface area contributed by atoms with E-state index in [0.29, 0.717) is 11.1 Å². The fraction of sp³-hybridized carbons (Fsp3) is 0.242.